The summed E-state index contributed by atoms with van der Waals surface area (Å²) in [5.41, 5.74) is 6.18. The molecule has 3 nitrogen and oxygen atoms in total. The van der Waals surface area contributed by atoms with Gasteiger partial charge in [-0.15, -0.1) is 0 Å². The molecule has 0 saturated carbocycles. The Kier molecular flexibility index (Phi) is 1.94. The predicted octanol–water partition coefficient (Wildman–Crippen LogP) is 2.03. The topological polar surface area (TPSA) is 24.5 Å². The summed E-state index contributed by atoms with van der Waals surface area (Å²) >= 11 is 0. The standard InChI is InChI=1S/C10H12N2O/c1-8-3-4-10(9(2)7-8)12-6-5-11-13-12/h3-7,11H,1-2H3. The zero-order chi connectivity index (χ0) is 9.26. The number of hydrogen-bond donors (Lipinski definition) is 1. The first-order valence-electron chi connectivity index (χ1n) is 4.23. The smallest absolute Gasteiger partial charge is 0.0743 e. The summed E-state index contributed by atoms with van der Waals surface area (Å²) in [6.45, 7) is 4.15. The van der Waals surface area contributed by atoms with Gasteiger partial charge in [0.1, 0.15) is 0 Å². The predicted molar refractivity (Wildman–Crippen MR) is 51.8 cm³/mol. The second kappa shape index (κ2) is 3.11. The Bertz CT molecular complexity index is 347. The summed E-state index contributed by atoms with van der Waals surface area (Å²) in [5, 5.41) is 1.70. The Balaban J connectivity index is 2.34. The number of anilines is 1. The lowest BCUT2D eigenvalue weighted by Crippen LogP contribution is -2.17. The number of aryl methyl sites for hydroxylation is 2. The molecular formula is C10H12N2O. The van der Waals surface area contributed by atoms with Gasteiger partial charge in [0.05, 0.1) is 11.9 Å². The Labute approximate surface area is 77.5 Å². The second-order valence-corrected chi connectivity index (χ2v) is 3.14. The van der Waals surface area contributed by atoms with Crippen molar-refractivity contribution in [3.8, 4) is 0 Å². The first kappa shape index (κ1) is 8.13. The summed E-state index contributed by atoms with van der Waals surface area (Å²) < 4.78 is 0. The van der Waals surface area contributed by atoms with Gasteiger partial charge in [-0.3, -0.25) is 0 Å². The second-order valence-electron chi connectivity index (χ2n) is 3.14. The summed E-state index contributed by atoms with van der Waals surface area (Å²) in [6, 6.07) is 6.24. The molecule has 1 aliphatic rings. The first-order valence-corrected chi connectivity index (χ1v) is 4.23. The molecule has 0 fully saturated rings. The summed E-state index contributed by atoms with van der Waals surface area (Å²) in [6.07, 6.45) is 3.59. The van der Waals surface area contributed by atoms with Crippen LogP contribution in [0.4, 0.5) is 5.69 Å². The number of hydroxylamine groups is 2. The van der Waals surface area contributed by atoms with Crippen molar-refractivity contribution in [3.63, 3.8) is 0 Å². The van der Waals surface area contributed by atoms with Crippen LogP contribution < -0.4 is 10.5 Å². The number of nitrogens with zero attached hydrogens (tertiary/aromatic N) is 1. The highest BCUT2D eigenvalue weighted by Crippen LogP contribution is 2.22. The molecule has 0 aliphatic carbocycles. The monoisotopic (exact) mass is 176 g/mol. The maximum Gasteiger partial charge on any atom is 0.0743 e. The van der Waals surface area contributed by atoms with Crippen LogP contribution in [0.15, 0.2) is 30.6 Å². The van der Waals surface area contributed by atoms with Crippen LogP contribution >= 0.6 is 0 Å². The normalized spacial score (nSPS) is 14.8. The lowest BCUT2D eigenvalue weighted by molar-refractivity contribution is 0.0888. The van der Waals surface area contributed by atoms with Gasteiger partial charge in [0, 0.05) is 6.20 Å². The van der Waals surface area contributed by atoms with E-state index in [1.165, 1.54) is 11.1 Å². The van der Waals surface area contributed by atoms with Crippen molar-refractivity contribution >= 4 is 5.69 Å². The molecule has 3 heteroatoms. The molecule has 0 unspecified atom stereocenters. The van der Waals surface area contributed by atoms with Crippen LogP contribution in [0.25, 0.3) is 0 Å². The van der Waals surface area contributed by atoms with E-state index in [1.807, 2.05) is 12.3 Å². The van der Waals surface area contributed by atoms with Gasteiger partial charge in [0.25, 0.3) is 0 Å². The highest BCUT2D eigenvalue weighted by atomic mass is 16.8. The van der Waals surface area contributed by atoms with Gasteiger partial charge in [-0.25, -0.2) is 10.5 Å². The summed E-state index contributed by atoms with van der Waals surface area (Å²) in [4.78, 5) is 5.13. The van der Waals surface area contributed by atoms with Crippen LogP contribution in [0.5, 0.6) is 0 Å². The van der Waals surface area contributed by atoms with Gasteiger partial charge in [0.2, 0.25) is 0 Å². The minimum Gasteiger partial charge on any atom is -0.247 e. The molecule has 0 atom stereocenters. The van der Waals surface area contributed by atoms with E-state index in [1.54, 1.807) is 11.3 Å². The number of hydrogen-bond acceptors (Lipinski definition) is 3. The van der Waals surface area contributed by atoms with Crippen molar-refractivity contribution in [2.75, 3.05) is 5.06 Å². The molecule has 0 amide bonds. The molecule has 1 aromatic carbocycles. The fraction of sp³-hybridized carbons (Fsp3) is 0.200. The van der Waals surface area contributed by atoms with E-state index in [0.717, 1.165) is 5.69 Å². The van der Waals surface area contributed by atoms with Gasteiger partial charge in [-0.2, -0.15) is 4.94 Å². The van der Waals surface area contributed by atoms with Crippen molar-refractivity contribution in [2.24, 2.45) is 0 Å². The Morgan fingerprint density at radius 2 is 2.15 bits per heavy atom. The lowest BCUT2D eigenvalue weighted by atomic mass is 10.1. The van der Waals surface area contributed by atoms with E-state index in [2.05, 4.69) is 31.5 Å². The highest BCUT2D eigenvalue weighted by molar-refractivity contribution is 5.54. The summed E-state index contributed by atoms with van der Waals surface area (Å²) in [5.74, 6) is 0. The molecule has 1 N–H and O–H groups in total. The van der Waals surface area contributed by atoms with Gasteiger partial charge >= 0.3 is 0 Å². The van der Waals surface area contributed by atoms with E-state index in [4.69, 9.17) is 4.94 Å². The minimum atomic E-state index is 1.06. The molecule has 0 bridgehead atoms. The van der Waals surface area contributed by atoms with Crippen LogP contribution in [0.2, 0.25) is 0 Å². The van der Waals surface area contributed by atoms with Gasteiger partial charge in [-0.1, -0.05) is 17.7 Å². The average Bonchev–Trinajstić information content (AvgIpc) is 2.56. The van der Waals surface area contributed by atoms with Crippen molar-refractivity contribution in [3.05, 3.63) is 41.7 Å². The Morgan fingerprint density at radius 1 is 1.31 bits per heavy atom. The van der Waals surface area contributed by atoms with E-state index in [0.29, 0.717) is 0 Å². The highest BCUT2D eigenvalue weighted by Gasteiger charge is 2.09. The van der Waals surface area contributed by atoms with Crippen LogP contribution in [-0.4, -0.2) is 0 Å². The average molecular weight is 176 g/mol. The third-order valence-electron chi connectivity index (χ3n) is 2.02. The first-order chi connectivity index (χ1) is 6.27. The molecule has 1 aromatic rings. The van der Waals surface area contributed by atoms with E-state index < -0.39 is 0 Å². The molecule has 1 aliphatic heterocycles. The molecular weight excluding hydrogens is 164 g/mol. The fourth-order valence-corrected chi connectivity index (χ4v) is 1.40. The maximum atomic E-state index is 5.13. The SMILES string of the molecule is Cc1ccc(N2C=CNO2)c(C)c1. The molecule has 1 heterocycles. The molecule has 13 heavy (non-hydrogen) atoms. The van der Waals surface area contributed by atoms with Gasteiger partial charge in [0.15, 0.2) is 0 Å². The minimum absolute atomic E-state index is 1.06. The fourth-order valence-electron chi connectivity index (χ4n) is 1.40. The van der Waals surface area contributed by atoms with E-state index in [9.17, 15) is 0 Å². The largest absolute Gasteiger partial charge is 0.247 e. The van der Waals surface area contributed by atoms with E-state index >= 15 is 0 Å². The van der Waals surface area contributed by atoms with Gasteiger partial charge < -0.3 is 0 Å². The van der Waals surface area contributed by atoms with Crippen molar-refractivity contribution in [2.45, 2.75) is 13.8 Å². The molecule has 0 radical (unpaired) electrons. The van der Waals surface area contributed by atoms with Crippen molar-refractivity contribution in [1.82, 2.24) is 5.48 Å². The number of rotatable bonds is 1. The maximum absolute atomic E-state index is 5.13. The van der Waals surface area contributed by atoms with Crippen LogP contribution in [0.1, 0.15) is 11.1 Å². The zero-order valence-corrected chi connectivity index (χ0v) is 7.74. The number of benzene rings is 1. The quantitative estimate of drug-likeness (QED) is 0.708. The third-order valence-corrected chi connectivity index (χ3v) is 2.02. The van der Waals surface area contributed by atoms with Crippen molar-refractivity contribution in [1.29, 1.82) is 0 Å². The molecule has 0 saturated heterocycles. The lowest BCUT2D eigenvalue weighted by Gasteiger charge is -2.15. The zero-order valence-electron chi connectivity index (χ0n) is 7.74. The van der Waals surface area contributed by atoms with Gasteiger partial charge in [-0.05, 0) is 25.5 Å². The molecule has 0 aromatic heterocycles. The van der Waals surface area contributed by atoms with Crippen LogP contribution in [0.3, 0.4) is 0 Å². The van der Waals surface area contributed by atoms with Crippen LogP contribution in [-0.2, 0) is 4.94 Å². The van der Waals surface area contributed by atoms with Crippen molar-refractivity contribution < 1.29 is 4.94 Å². The molecule has 68 valence electrons. The Morgan fingerprint density at radius 3 is 2.77 bits per heavy atom. The molecule has 2 rings (SSSR count). The summed E-state index contributed by atoms with van der Waals surface area (Å²) in [7, 11) is 0. The van der Waals surface area contributed by atoms with E-state index in [-0.39, 0.29) is 0 Å². The van der Waals surface area contributed by atoms with Crippen LogP contribution in [0, 0.1) is 13.8 Å². The number of nitrogens with one attached hydrogen (secondary N) is 1. The molecule has 0 spiro atoms. The Hall–Kier alpha value is -1.48. The third kappa shape index (κ3) is 1.51.